The van der Waals surface area contributed by atoms with Crippen molar-refractivity contribution in [1.82, 2.24) is 20.3 Å². The first kappa shape index (κ1) is 13.2. The van der Waals surface area contributed by atoms with E-state index in [0.717, 1.165) is 23.3 Å². The third-order valence-electron chi connectivity index (χ3n) is 3.89. The highest BCUT2D eigenvalue weighted by molar-refractivity contribution is 7.15. The maximum Gasteiger partial charge on any atom is 0.216 e. The van der Waals surface area contributed by atoms with Gasteiger partial charge in [-0.2, -0.15) is 0 Å². The summed E-state index contributed by atoms with van der Waals surface area (Å²) in [5, 5.41) is 4.57. The molecule has 5 nitrogen and oxygen atoms in total. The second kappa shape index (κ2) is 5.35. The van der Waals surface area contributed by atoms with Crippen molar-refractivity contribution in [2.24, 2.45) is 0 Å². The van der Waals surface area contributed by atoms with Gasteiger partial charge in [0.15, 0.2) is 0 Å². The molecule has 21 heavy (non-hydrogen) atoms. The molecule has 0 unspecified atom stereocenters. The fourth-order valence-electron chi connectivity index (χ4n) is 2.37. The molecule has 2 aliphatic rings. The third kappa shape index (κ3) is 2.91. The summed E-state index contributed by atoms with van der Waals surface area (Å²) in [6.45, 7) is 0.941. The smallest absolute Gasteiger partial charge is 0.216 e. The number of methoxy groups -OCH3 is 1. The summed E-state index contributed by atoms with van der Waals surface area (Å²) in [5.74, 6) is 1.25. The Labute approximate surface area is 127 Å². The van der Waals surface area contributed by atoms with E-state index in [1.54, 1.807) is 18.4 Å². The van der Waals surface area contributed by atoms with Crippen LogP contribution in [0.15, 0.2) is 12.4 Å². The second-order valence-corrected chi connectivity index (χ2v) is 6.79. The van der Waals surface area contributed by atoms with Crippen molar-refractivity contribution in [2.75, 3.05) is 7.11 Å². The van der Waals surface area contributed by atoms with Crippen molar-refractivity contribution in [1.29, 1.82) is 0 Å². The van der Waals surface area contributed by atoms with Gasteiger partial charge in [0.05, 0.1) is 12.8 Å². The van der Waals surface area contributed by atoms with Crippen molar-refractivity contribution in [3.05, 3.63) is 23.0 Å². The molecule has 0 saturated heterocycles. The molecule has 0 aliphatic heterocycles. The lowest BCUT2D eigenvalue weighted by Gasteiger charge is -2.01. The lowest BCUT2D eigenvalue weighted by molar-refractivity contribution is 0.397. The molecule has 0 radical (unpaired) electrons. The summed E-state index contributed by atoms with van der Waals surface area (Å²) >= 11 is 1.75. The van der Waals surface area contributed by atoms with Crippen LogP contribution in [0.1, 0.15) is 42.2 Å². The van der Waals surface area contributed by atoms with E-state index in [9.17, 15) is 0 Å². The lowest BCUT2D eigenvalue weighted by Crippen LogP contribution is -2.15. The van der Waals surface area contributed by atoms with Crippen LogP contribution in [0.25, 0.3) is 10.7 Å². The number of hydrogen-bond donors (Lipinski definition) is 1. The van der Waals surface area contributed by atoms with E-state index in [2.05, 4.69) is 15.3 Å². The first-order chi connectivity index (χ1) is 10.3. The Kier molecular flexibility index (Phi) is 3.35. The molecular weight excluding hydrogens is 284 g/mol. The van der Waals surface area contributed by atoms with Gasteiger partial charge in [0.25, 0.3) is 0 Å². The standard InChI is InChI=1S/C15H18N4OS/c1-20-13-6-11(17-8-18-13)15-19-14(9-2-3-9)12(21-15)7-16-10-4-5-10/h6,8-10,16H,2-5,7H2,1H3. The molecule has 2 aromatic rings. The predicted molar refractivity (Wildman–Crippen MR) is 81.5 cm³/mol. The third-order valence-corrected chi connectivity index (χ3v) is 4.98. The van der Waals surface area contributed by atoms with Gasteiger partial charge in [-0.3, -0.25) is 0 Å². The van der Waals surface area contributed by atoms with Gasteiger partial charge in [-0.25, -0.2) is 15.0 Å². The second-order valence-electron chi connectivity index (χ2n) is 5.70. The predicted octanol–water partition coefficient (Wildman–Crippen LogP) is 2.74. The Morgan fingerprint density at radius 1 is 1.29 bits per heavy atom. The quantitative estimate of drug-likeness (QED) is 0.889. The monoisotopic (exact) mass is 302 g/mol. The van der Waals surface area contributed by atoms with Gasteiger partial charge in [-0.1, -0.05) is 0 Å². The highest BCUT2D eigenvalue weighted by Crippen LogP contribution is 2.44. The largest absolute Gasteiger partial charge is 0.481 e. The first-order valence-electron chi connectivity index (χ1n) is 7.43. The van der Waals surface area contributed by atoms with Crippen LogP contribution < -0.4 is 10.1 Å². The Morgan fingerprint density at radius 2 is 2.14 bits per heavy atom. The van der Waals surface area contributed by atoms with Crippen molar-refractivity contribution in [3.8, 4) is 16.6 Å². The number of aromatic nitrogens is 3. The topological polar surface area (TPSA) is 59.9 Å². The summed E-state index contributed by atoms with van der Waals surface area (Å²) in [4.78, 5) is 14.6. The van der Waals surface area contributed by atoms with Crippen LogP contribution in [0.5, 0.6) is 5.88 Å². The molecule has 2 saturated carbocycles. The van der Waals surface area contributed by atoms with E-state index < -0.39 is 0 Å². The molecule has 6 heteroatoms. The number of ether oxygens (including phenoxy) is 1. The summed E-state index contributed by atoms with van der Waals surface area (Å²) in [6, 6.07) is 2.58. The summed E-state index contributed by atoms with van der Waals surface area (Å²) in [6.07, 6.45) is 6.70. The zero-order valence-electron chi connectivity index (χ0n) is 12.0. The van der Waals surface area contributed by atoms with E-state index in [4.69, 9.17) is 9.72 Å². The number of thiazole rings is 1. The van der Waals surface area contributed by atoms with Crippen LogP contribution in [0.2, 0.25) is 0 Å². The molecule has 0 aromatic carbocycles. The Balaban J connectivity index is 1.62. The minimum atomic E-state index is 0.584. The van der Waals surface area contributed by atoms with Gasteiger partial charge in [0, 0.05) is 29.4 Å². The SMILES string of the molecule is COc1cc(-c2nc(C3CC3)c(CNC3CC3)s2)ncn1. The van der Waals surface area contributed by atoms with Crippen LogP contribution in [0, 0.1) is 0 Å². The van der Waals surface area contributed by atoms with Crippen molar-refractivity contribution in [3.63, 3.8) is 0 Å². The number of nitrogens with zero attached hydrogens (tertiary/aromatic N) is 3. The molecule has 2 aliphatic carbocycles. The van der Waals surface area contributed by atoms with E-state index in [-0.39, 0.29) is 0 Å². The molecule has 0 bridgehead atoms. The maximum atomic E-state index is 5.17. The van der Waals surface area contributed by atoms with Gasteiger partial charge in [0.1, 0.15) is 17.0 Å². The van der Waals surface area contributed by atoms with Gasteiger partial charge >= 0.3 is 0 Å². The highest BCUT2D eigenvalue weighted by atomic mass is 32.1. The summed E-state index contributed by atoms with van der Waals surface area (Å²) < 4.78 is 5.17. The minimum absolute atomic E-state index is 0.584. The Morgan fingerprint density at radius 3 is 2.86 bits per heavy atom. The van der Waals surface area contributed by atoms with Gasteiger partial charge in [0.2, 0.25) is 5.88 Å². The Hall–Kier alpha value is -1.53. The zero-order valence-corrected chi connectivity index (χ0v) is 12.8. The lowest BCUT2D eigenvalue weighted by atomic mass is 10.2. The zero-order chi connectivity index (χ0) is 14.2. The van der Waals surface area contributed by atoms with E-state index in [1.165, 1.54) is 42.6 Å². The van der Waals surface area contributed by atoms with E-state index >= 15 is 0 Å². The van der Waals surface area contributed by atoms with Crippen molar-refractivity contribution < 1.29 is 4.74 Å². The highest BCUT2D eigenvalue weighted by Gasteiger charge is 2.31. The number of hydrogen-bond acceptors (Lipinski definition) is 6. The normalized spacial score (nSPS) is 18.0. The van der Waals surface area contributed by atoms with Gasteiger partial charge < -0.3 is 10.1 Å². The first-order valence-corrected chi connectivity index (χ1v) is 8.24. The van der Waals surface area contributed by atoms with Crippen LogP contribution in [0.4, 0.5) is 0 Å². The maximum absolute atomic E-state index is 5.17. The Bertz CT molecular complexity index is 649. The number of nitrogens with one attached hydrogen (secondary N) is 1. The average Bonchev–Trinajstić information content (AvgIpc) is 3.44. The van der Waals surface area contributed by atoms with E-state index in [1.807, 2.05) is 6.07 Å². The molecule has 0 atom stereocenters. The summed E-state index contributed by atoms with van der Waals surface area (Å²) in [7, 11) is 1.62. The van der Waals surface area contributed by atoms with Crippen LogP contribution >= 0.6 is 11.3 Å². The molecule has 0 amide bonds. The fraction of sp³-hybridized carbons (Fsp3) is 0.533. The van der Waals surface area contributed by atoms with Gasteiger partial charge in [-0.15, -0.1) is 11.3 Å². The fourth-order valence-corrected chi connectivity index (χ4v) is 3.43. The summed E-state index contributed by atoms with van der Waals surface area (Å²) in [5.41, 5.74) is 2.13. The molecule has 110 valence electrons. The molecular formula is C15H18N4OS. The molecule has 1 N–H and O–H groups in total. The average molecular weight is 302 g/mol. The van der Waals surface area contributed by atoms with Crippen molar-refractivity contribution >= 4 is 11.3 Å². The molecule has 2 fully saturated rings. The minimum Gasteiger partial charge on any atom is -0.481 e. The van der Waals surface area contributed by atoms with Gasteiger partial charge in [-0.05, 0) is 25.7 Å². The molecule has 4 rings (SSSR count). The number of rotatable bonds is 6. The molecule has 2 aromatic heterocycles. The molecule has 2 heterocycles. The van der Waals surface area contributed by atoms with Crippen LogP contribution in [-0.4, -0.2) is 28.1 Å². The van der Waals surface area contributed by atoms with Crippen LogP contribution in [-0.2, 0) is 6.54 Å². The van der Waals surface area contributed by atoms with Crippen molar-refractivity contribution in [2.45, 2.75) is 44.2 Å². The van der Waals surface area contributed by atoms with E-state index in [0.29, 0.717) is 11.8 Å². The van der Waals surface area contributed by atoms with Crippen LogP contribution in [0.3, 0.4) is 0 Å². The molecule has 0 spiro atoms.